The molecule has 1 aromatic heterocycles. The summed E-state index contributed by atoms with van der Waals surface area (Å²) in [5.41, 5.74) is 4.38. The van der Waals surface area contributed by atoms with E-state index >= 15 is 0 Å². The first-order valence-corrected chi connectivity index (χ1v) is 9.22. The lowest BCUT2D eigenvalue weighted by Gasteiger charge is -2.36. The first kappa shape index (κ1) is 15.4. The van der Waals surface area contributed by atoms with Gasteiger partial charge < -0.3 is 4.90 Å². The largest absolute Gasteiger partial charge is 0.327 e. The second-order valence-electron chi connectivity index (χ2n) is 7.08. The molecule has 126 valence electrons. The molecular weight excluding hydrogens is 298 g/mol. The van der Waals surface area contributed by atoms with Gasteiger partial charge in [0.15, 0.2) is 0 Å². The van der Waals surface area contributed by atoms with Crippen LogP contribution in [0, 0.1) is 0 Å². The lowest BCUT2D eigenvalue weighted by Crippen LogP contribution is -2.38. The van der Waals surface area contributed by atoms with Crippen molar-refractivity contribution in [3.8, 4) is 0 Å². The minimum atomic E-state index is 0.0952. The minimum absolute atomic E-state index is 0.0952. The molecule has 0 saturated heterocycles. The van der Waals surface area contributed by atoms with Crippen molar-refractivity contribution in [2.24, 2.45) is 0 Å². The fourth-order valence-electron chi connectivity index (χ4n) is 3.93. The molecule has 24 heavy (non-hydrogen) atoms. The average molecular weight is 323 g/mol. The molecule has 1 heterocycles. The van der Waals surface area contributed by atoms with E-state index < -0.39 is 0 Å². The highest BCUT2D eigenvalue weighted by molar-refractivity contribution is 5.93. The van der Waals surface area contributed by atoms with E-state index in [0.29, 0.717) is 11.7 Å². The van der Waals surface area contributed by atoms with E-state index in [1.165, 1.54) is 11.1 Å². The molecule has 1 aromatic carbocycles. The Kier molecular flexibility index (Phi) is 4.13. The molecule has 1 fully saturated rings. The number of aryl methyl sites for hydroxylation is 2. The SMILES string of the molecule is CCCc1cc(C(=O)N(C2CC2)C2CCCc3ccccc32)n[nH]1. The quantitative estimate of drug-likeness (QED) is 0.902. The molecule has 1 atom stereocenters. The van der Waals surface area contributed by atoms with Gasteiger partial charge in [0.25, 0.3) is 5.91 Å². The summed E-state index contributed by atoms with van der Waals surface area (Å²) < 4.78 is 0. The summed E-state index contributed by atoms with van der Waals surface area (Å²) in [6.45, 7) is 2.14. The van der Waals surface area contributed by atoms with Crippen LogP contribution < -0.4 is 0 Å². The third-order valence-electron chi connectivity index (χ3n) is 5.22. The molecule has 1 amide bonds. The normalized spacial score (nSPS) is 19.8. The summed E-state index contributed by atoms with van der Waals surface area (Å²) in [4.78, 5) is 15.3. The lowest BCUT2D eigenvalue weighted by molar-refractivity contribution is 0.0631. The number of rotatable bonds is 5. The van der Waals surface area contributed by atoms with Gasteiger partial charge in [-0.2, -0.15) is 5.10 Å². The summed E-state index contributed by atoms with van der Waals surface area (Å²) in [6.07, 6.45) is 7.58. The van der Waals surface area contributed by atoms with Crippen LogP contribution in [-0.4, -0.2) is 27.0 Å². The van der Waals surface area contributed by atoms with Gasteiger partial charge in [-0.3, -0.25) is 9.89 Å². The lowest BCUT2D eigenvalue weighted by atomic mass is 9.86. The molecule has 4 nitrogen and oxygen atoms in total. The predicted octanol–water partition coefficient (Wildman–Crippen LogP) is 4.04. The van der Waals surface area contributed by atoms with Crippen LogP contribution in [0.3, 0.4) is 0 Å². The summed E-state index contributed by atoms with van der Waals surface area (Å²) in [5, 5.41) is 7.33. The van der Waals surface area contributed by atoms with Gasteiger partial charge in [-0.05, 0) is 55.7 Å². The summed E-state index contributed by atoms with van der Waals surface area (Å²) in [7, 11) is 0. The van der Waals surface area contributed by atoms with Crippen molar-refractivity contribution in [3.05, 3.63) is 52.8 Å². The third-order valence-corrected chi connectivity index (χ3v) is 5.22. The first-order chi connectivity index (χ1) is 11.8. The summed E-state index contributed by atoms with van der Waals surface area (Å²) in [5.74, 6) is 0.0952. The Hall–Kier alpha value is -2.10. The number of hydrogen-bond acceptors (Lipinski definition) is 2. The highest BCUT2D eigenvalue weighted by Gasteiger charge is 2.40. The van der Waals surface area contributed by atoms with Crippen LogP contribution in [0.5, 0.6) is 0 Å². The molecule has 0 bridgehead atoms. The maximum atomic E-state index is 13.2. The summed E-state index contributed by atoms with van der Waals surface area (Å²) in [6, 6.07) is 11.2. The number of H-pyrrole nitrogens is 1. The molecule has 4 heteroatoms. The molecule has 4 rings (SSSR count). The topological polar surface area (TPSA) is 49.0 Å². The first-order valence-electron chi connectivity index (χ1n) is 9.22. The van der Waals surface area contributed by atoms with Crippen molar-refractivity contribution in [2.45, 2.75) is 64.0 Å². The van der Waals surface area contributed by atoms with Crippen LogP contribution in [0.2, 0.25) is 0 Å². The van der Waals surface area contributed by atoms with Gasteiger partial charge in [0.2, 0.25) is 0 Å². The van der Waals surface area contributed by atoms with Crippen molar-refractivity contribution in [1.29, 1.82) is 0 Å². The average Bonchev–Trinajstić information content (AvgIpc) is 3.33. The highest BCUT2D eigenvalue weighted by atomic mass is 16.2. The number of fused-ring (bicyclic) bond motifs is 1. The predicted molar refractivity (Wildman–Crippen MR) is 93.9 cm³/mol. The van der Waals surface area contributed by atoms with Crippen molar-refractivity contribution in [1.82, 2.24) is 15.1 Å². The van der Waals surface area contributed by atoms with E-state index in [1.54, 1.807) is 0 Å². The molecule has 2 aliphatic carbocycles. The van der Waals surface area contributed by atoms with Gasteiger partial charge in [0.05, 0.1) is 6.04 Å². The number of carbonyl (C=O) groups excluding carboxylic acids is 1. The monoisotopic (exact) mass is 323 g/mol. The smallest absolute Gasteiger partial charge is 0.275 e. The van der Waals surface area contributed by atoms with Gasteiger partial charge >= 0.3 is 0 Å². The molecule has 1 saturated carbocycles. The van der Waals surface area contributed by atoms with Crippen LogP contribution in [0.1, 0.15) is 72.4 Å². The van der Waals surface area contributed by atoms with Gasteiger partial charge in [-0.25, -0.2) is 0 Å². The zero-order chi connectivity index (χ0) is 16.5. The van der Waals surface area contributed by atoms with Gasteiger partial charge in [0.1, 0.15) is 5.69 Å². The third kappa shape index (κ3) is 2.85. The van der Waals surface area contributed by atoms with Crippen molar-refractivity contribution < 1.29 is 4.79 Å². The van der Waals surface area contributed by atoms with E-state index in [0.717, 1.165) is 50.6 Å². The number of nitrogens with zero attached hydrogens (tertiary/aromatic N) is 2. The molecule has 1 unspecified atom stereocenters. The van der Waals surface area contributed by atoms with E-state index in [9.17, 15) is 4.79 Å². The number of amides is 1. The Morgan fingerprint density at radius 3 is 2.92 bits per heavy atom. The molecule has 0 aliphatic heterocycles. The van der Waals surface area contributed by atoms with Crippen LogP contribution in [0.25, 0.3) is 0 Å². The van der Waals surface area contributed by atoms with Gasteiger partial charge in [0, 0.05) is 11.7 Å². The second-order valence-corrected chi connectivity index (χ2v) is 7.08. The van der Waals surface area contributed by atoms with E-state index in [-0.39, 0.29) is 11.9 Å². The van der Waals surface area contributed by atoms with Gasteiger partial charge in [-0.1, -0.05) is 37.6 Å². The Morgan fingerprint density at radius 1 is 1.29 bits per heavy atom. The molecule has 2 aliphatic rings. The maximum Gasteiger partial charge on any atom is 0.275 e. The van der Waals surface area contributed by atoms with E-state index in [4.69, 9.17) is 0 Å². The Balaban J connectivity index is 1.64. The Labute approximate surface area is 143 Å². The molecule has 0 radical (unpaired) electrons. The van der Waals surface area contributed by atoms with E-state index in [2.05, 4.69) is 46.3 Å². The molecular formula is C20H25N3O. The van der Waals surface area contributed by atoms with Crippen LogP contribution in [-0.2, 0) is 12.8 Å². The number of hydrogen-bond donors (Lipinski definition) is 1. The number of carbonyl (C=O) groups is 1. The van der Waals surface area contributed by atoms with Crippen LogP contribution >= 0.6 is 0 Å². The molecule has 1 N–H and O–H groups in total. The Bertz CT molecular complexity index is 732. The standard InChI is InChI=1S/C20H25N3O/c1-2-6-15-13-18(22-21-15)20(24)23(16-11-12-16)19-10-5-8-14-7-3-4-9-17(14)19/h3-4,7,9,13,16,19H,2,5-6,8,10-12H2,1H3,(H,21,22). The van der Waals surface area contributed by atoms with Gasteiger partial charge in [-0.15, -0.1) is 0 Å². The van der Waals surface area contributed by atoms with Crippen molar-refractivity contribution >= 4 is 5.91 Å². The fourth-order valence-corrected chi connectivity index (χ4v) is 3.93. The number of nitrogens with one attached hydrogen (secondary N) is 1. The van der Waals surface area contributed by atoms with Crippen LogP contribution in [0.4, 0.5) is 0 Å². The number of aromatic amines is 1. The molecule has 2 aromatic rings. The maximum absolute atomic E-state index is 13.2. The summed E-state index contributed by atoms with van der Waals surface area (Å²) >= 11 is 0. The number of benzene rings is 1. The highest BCUT2D eigenvalue weighted by Crippen LogP contribution is 2.41. The van der Waals surface area contributed by atoms with E-state index in [1.807, 2.05) is 6.07 Å². The van der Waals surface area contributed by atoms with Crippen molar-refractivity contribution in [2.75, 3.05) is 0 Å². The zero-order valence-corrected chi connectivity index (χ0v) is 14.3. The Morgan fingerprint density at radius 2 is 2.12 bits per heavy atom. The molecule has 0 spiro atoms. The number of aromatic nitrogens is 2. The van der Waals surface area contributed by atoms with Crippen LogP contribution in [0.15, 0.2) is 30.3 Å². The second kappa shape index (κ2) is 6.42. The fraction of sp³-hybridized carbons (Fsp3) is 0.500. The zero-order valence-electron chi connectivity index (χ0n) is 14.3. The minimum Gasteiger partial charge on any atom is -0.327 e. The van der Waals surface area contributed by atoms with Crippen molar-refractivity contribution in [3.63, 3.8) is 0 Å².